The second kappa shape index (κ2) is 7.67. The lowest BCUT2D eigenvalue weighted by molar-refractivity contribution is 0.433. The first kappa shape index (κ1) is 18.7. The molecule has 3 rings (SSSR count). The van der Waals surface area contributed by atoms with Crippen LogP contribution in [0.3, 0.4) is 0 Å². The molecule has 0 bridgehead atoms. The van der Waals surface area contributed by atoms with Gasteiger partial charge >= 0.3 is 0 Å². The van der Waals surface area contributed by atoms with Gasteiger partial charge in [-0.3, -0.25) is 0 Å². The van der Waals surface area contributed by atoms with E-state index in [0.29, 0.717) is 35.8 Å². The van der Waals surface area contributed by atoms with Gasteiger partial charge in [-0.05, 0) is 55.3 Å². The summed E-state index contributed by atoms with van der Waals surface area (Å²) >= 11 is 6.01. The van der Waals surface area contributed by atoms with Crippen LogP contribution in [0, 0.1) is 18.3 Å². The lowest BCUT2D eigenvalue weighted by Gasteiger charge is -2.24. The van der Waals surface area contributed by atoms with Crippen molar-refractivity contribution in [3.63, 3.8) is 0 Å². The summed E-state index contributed by atoms with van der Waals surface area (Å²) in [4.78, 5) is 2.43. The third kappa shape index (κ3) is 3.85. The molecule has 1 fully saturated rings. The van der Waals surface area contributed by atoms with Crippen LogP contribution in [0.1, 0.15) is 17.5 Å². The van der Waals surface area contributed by atoms with Crippen molar-refractivity contribution in [2.24, 2.45) is 0 Å². The third-order valence-corrected chi connectivity index (χ3v) is 6.86. The monoisotopic (exact) mass is 389 g/mol. The lowest BCUT2D eigenvalue weighted by Crippen LogP contribution is -2.35. The highest BCUT2D eigenvalue weighted by atomic mass is 35.5. The van der Waals surface area contributed by atoms with E-state index in [1.165, 1.54) is 10.4 Å². The summed E-state index contributed by atoms with van der Waals surface area (Å²) in [5, 5.41) is 9.33. The number of hydrogen-bond donors (Lipinski definition) is 0. The van der Waals surface area contributed by atoms with Crippen molar-refractivity contribution in [3.8, 4) is 6.07 Å². The van der Waals surface area contributed by atoms with Crippen LogP contribution < -0.4 is 4.90 Å². The van der Waals surface area contributed by atoms with Crippen LogP contribution in [0.4, 0.5) is 5.69 Å². The van der Waals surface area contributed by atoms with Gasteiger partial charge in [0.25, 0.3) is 0 Å². The Balaban J connectivity index is 1.79. The molecule has 2 aromatic carbocycles. The third-order valence-electron chi connectivity index (χ3n) is 4.58. The molecule has 0 radical (unpaired) electrons. The van der Waals surface area contributed by atoms with E-state index in [-0.39, 0.29) is 4.90 Å². The molecule has 1 aliphatic heterocycles. The highest BCUT2D eigenvalue weighted by Crippen LogP contribution is 2.25. The van der Waals surface area contributed by atoms with E-state index < -0.39 is 10.0 Å². The van der Waals surface area contributed by atoms with Crippen LogP contribution in [0.25, 0.3) is 0 Å². The number of aryl methyl sites for hydroxylation is 1. The van der Waals surface area contributed by atoms with Gasteiger partial charge in [0.15, 0.2) is 0 Å². The molecule has 0 saturated carbocycles. The minimum Gasteiger partial charge on any atom is -0.370 e. The summed E-state index contributed by atoms with van der Waals surface area (Å²) < 4.78 is 27.6. The fraction of sp³-hybridized carbons (Fsp3) is 0.316. The van der Waals surface area contributed by atoms with E-state index in [4.69, 9.17) is 16.9 Å². The van der Waals surface area contributed by atoms with Crippen LogP contribution in [-0.2, 0) is 10.0 Å². The molecule has 0 atom stereocenters. The number of nitriles is 1. The zero-order valence-corrected chi connectivity index (χ0v) is 16.1. The molecular formula is C19H20ClN3O2S. The first-order valence-corrected chi connectivity index (χ1v) is 10.2. The molecule has 0 spiro atoms. The van der Waals surface area contributed by atoms with Crippen LogP contribution in [-0.4, -0.2) is 38.9 Å². The van der Waals surface area contributed by atoms with Crippen LogP contribution in [0.5, 0.6) is 0 Å². The number of halogens is 1. The van der Waals surface area contributed by atoms with Crippen molar-refractivity contribution in [3.05, 3.63) is 58.6 Å². The van der Waals surface area contributed by atoms with Gasteiger partial charge in [0, 0.05) is 36.9 Å². The van der Waals surface area contributed by atoms with Gasteiger partial charge in [0.2, 0.25) is 10.0 Å². The molecule has 0 aliphatic carbocycles. The second-order valence-corrected chi connectivity index (χ2v) is 8.66. The predicted molar refractivity (Wildman–Crippen MR) is 103 cm³/mol. The second-order valence-electron chi connectivity index (χ2n) is 6.31. The maximum absolute atomic E-state index is 13.1. The number of benzene rings is 2. The van der Waals surface area contributed by atoms with Crippen molar-refractivity contribution in [2.45, 2.75) is 18.2 Å². The normalized spacial score (nSPS) is 16.1. The minimum atomic E-state index is -3.58. The zero-order chi connectivity index (χ0) is 18.7. The predicted octanol–water partition coefficient (Wildman–Crippen LogP) is 3.42. The molecule has 1 aliphatic rings. The highest BCUT2D eigenvalue weighted by molar-refractivity contribution is 7.89. The molecule has 0 N–H and O–H groups in total. The Morgan fingerprint density at radius 3 is 2.46 bits per heavy atom. The number of nitrogens with zero attached hydrogens (tertiary/aromatic N) is 3. The Morgan fingerprint density at radius 2 is 1.77 bits per heavy atom. The quantitative estimate of drug-likeness (QED) is 0.806. The summed E-state index contributed by atoms with van der Waals surface area (Å²) in [7, 11) is -3.58. The molecule has 0 aromatic heterocycles. The summed E-state index contributed by atoms with van der Waals surface area (Å²) in [6.45, 7) is 4.04. The number of rotatable bonds is 3. The topological polar surface area (TPSA) is 64.4 Å². The summed E-state index contributed by atoms with van der Waals surface area (Å²) in [6.07, 6.45) is 0.735. The van der Waals surface area contributed by atoms with Crippen LogP contribution in [0.15, 0.2) is 47.4 Å². The van der Waals surface area contributed by atoms with E-state index in [1.54, 1.807) is 31.2 Å². The Morgan fingerprint density at radius 1 is 1.04 bits per heavy atom. The van der Waals surface area contributed by atoms with E-state index in [9.17, 15) is 8.42 Å². The molecule has 7 heteroatoms. The van der Waals surface area contributed by atoms with Crippen LogP contribution in [0.2, 0.25) is 5.02 Å². The Hall–Kier alpha value is -2.07. The number of sulfonamides is 1. The van der Waals surface area contributed by atoms with E-state index in [0.717, 1.165) is 18.7 Å². The maximum Gasteiger partial charge on any atom is 0.243 e. The SMILES string of the molecule is Cc1ccc(Cl)cc1S(=O)(=O)N1CCCN(c2ccc(C#N)cc2)CC1. The lowest BCUT2D eigenvalue weighted by atomic mass is 10.2. The molecule has 0 amide bonds. The van der Waals surface area contributed by atoms with E-state index >= 15 is 0 Å². The van der Waals surface area contributed by atoms with Crippen molar-refractivity contribution in [1.29, 1.82) is 5.26 Å². The molecule has 136 valence electrons. The molecule has 2 aromatic rings. The summed E-state index contributed by atoms with van der Waals surface area (Å²) in [6, 6.07) is 14.4. The first-order chi connectivity index (χ1) is 12.4. The Bertz CT molecular complexity index is 936. The van der Waals surface area contributed by atoms with E-state index in [1.807, 2.05) is 12.1 Å². The highest BCUT2D eigenvalue weighted by Gasteiger charge is 2.28. The average molecular weight is 390 g/mol. The molecular weight excluding hydrogens is 370 g/mol. The average Bonchev–Trinajstić information content (AvgIpc) is 2.90. The minimum absolute atomic E-state index is 0.275. The van der Waals surface area contributed by atoms with Gasteiger partial charge in [-0.25, -0.2) is 8.42 Å². The standard InChI is InChI=1S/C19H20ClN3O2S/c1-15-3-6-17(20)13-19(15)26(24,25)23-10-2-9-22(11-12-23)18-7-4-16(14-21)5-8-18/h3-8,13H,2,9-12H2,1H3. The van der Waals surface area contributed by atoms with Gasteiger partial charge in [0.1, 0.15) is 0 Å². The molecule has 5 nitrogen and oxygen atoms in total. The van der Waals surface area contributed by atoms with Gasteiger partial charge in [-0.1, -0.05) is 17.7 Å². The first-order valence-electron chi connectivity index (χ1n) is 8.43. The summed E-state index contributed by atoms with van der Waals surface area (Å²) in [5.74, 6) is 0. The zero-order valence-electron chi connectivity index (χ0n) is 14.5. The van der Waals surface area contributed by atoms with E-state index in [2.05, 4.69) is 11.0 Å². The smallest absolute Gasteiger partial charge is 0.243 e. The Kier molecular flexibility index (Phi) is 5.52. The largest absolute Gasteiger partial charge is 0.370 e. The Labute approximate surface area is 159 Å². The van der Waals surface area contributed by atoms with Crippen LogP contribution >= 0.6 is 11.6 Å². The number of hydrogen-bond acceptors (Lipinski definition) is 4. The fourth-order valence-corrected chi connectivity index (χ4v) is 5.09. The molecule has 0 unspecified atom stereocenters. The molecule has 1 heterocycles. The van der Waals surface area contributed by atoms with Crippen molar-refractivity contribution in [2.75, 3.05) is 31.1 Å². The summed E-state index contributed by atoms with van der Waals surface area (Å²) in [5.41, 5.74) is 2.31. The molecule has 26 heavy (non-hydrogen) atoms. The van der Waals surface area contributed by atoms with Gasteiger partial charge in [-0.15, -0.1) is 0 Å². The van der Waals surface area contributed by atoms with Crippen molar-refractivity contribution >= 4 is 27.3 Å². The number of anilines is 1. The van der Waals surface area contributed by atoms with Gasteiger partial charge in [-0.2, -0.15) is 9.57 Å². The fourth-order valence-electron chi connectivity index (χ4n) is 3.13. The maximum atomic E-state index is 13.1. The van der Waals surface area contributed by atoms with Gasteiger partial charge < -0.3 is 4.90 Å². The van der Waals surface area contributed by atoms with Crippen molar-refractivity contribution in [1.82, 2.24) is 4.31 Å². The van der Waals surface area contributed by atoms with Crippen molar-refractivity contribution < 1.29 is 8.42 Å². The molecule has 1 saturated heterocycles. The van der Waals surface area contributed by atoms with Gasteiger partial charge in [0.05, 0.1) is 16.5 Å².